The summed E-state index contributed by atoms with van der Waals surface area (Å²) in [7, 11) is -2.35. The molecule has 0 spiro atoms. The Morgan fingerprint density at radius 3 is 1.25 bits per heavy atom. The maximum absolute atomic E-state index is 11.2. The van der Waals surface area contributed by atoms with Gasteiger partial charge >= 0.3 is 9.17 Å². The van der Waals surface area contributed by atoms with Crippen LogP contribution in [0.5, 0.6) is 0 Å². The van der Waals surface area contributed by atoms with E-state index in [2.05, 4.69) is 0 Å². The van der Waals surface area contributed by atoms with Crippen molar-refractivity contribution < 1.29 is 13.3 Å². The van der Waals surface area contributed by atoms with E-state index in [0.29, 0.717) is 0 Å². The van der Waals surface area contributed by atoms with Crippen LogP contribution in [0.3, 0.4) is 0 Å². The Labute approximate surface area is 76.0 Å². The molecule has 0 rings (SSSR count). The van der Waals surface area contributed by atoms with Gasteiger partial charge in [0.15, 0.2) is 0 Å². The van der Waals surface area contributed by atoms with E-state index < -0.39 is 20.4 Å². The highest BCUT2D eigenvalue weighted by Gasteiger charge is 2.26. The molecule has 0 atom stereocenters. The normalized spacial score (nSPS) is 12.5. The Kier molecular flexibility index (Phi) is 3.44. The fourth-order valence-corrected chi connectivity index (χ4v) is 1.56. The van der Waals surface area contributed by atoms with Crippen molar-refractivity contribution in [2.75, 3.05) is 0 Å². The highest BCUT2D eigenvalue weighted by molar-refractivity contribution is 6.26. The molecule has 0 aromatic heterocycles. The SMILES string of the molecule is CC(C)(C)O[Si](=O)OC(C)(C)C. The van der Waals surface area contributed by atoms with Gasteiger partial charge in [-0.15, -0.1) is 0 Å². The van der Waals surface area contributed by atoms with Crippen molar-refractivity contribution in [3.8, 4) is 0 Å². The first-order chi connectivity index (χ1) is 5.10. The third-order valence-electron chi connectivity index (χ3n) is 0.779. The van der Waals surface area contributed by atoms with Gasteiger partial charge in [-0.25, -0.2) is 0 Å². The molecule has 0 unspecified atom stereocenters. The van der Waals surface area contributed by atoms with Crippen molar-refractivity contribution in [1.82, 2.24) is 0 Å². The summed E-state index contributed by atoms with van der Waals surface area (Å²) in [5.74, 6) is 0. The fourth-order valence-electron chi connectivity index (χ4n) is 0.521. The number of hydrogen-bond acceptors (Lipinski definition) is 3. The summed E-state index contributed by atoms with van der Waals surface area (Å²) >= 11 is 0. The zero-order valence-electron chi connectivity index (χ0n) is 8.72. The van der Waals surface area contributed by atoms with Crippen LogP contribution in [0.25, 0.3) is 0 Å². The third-order valence-corrected chi connectivity index (χ3v) is 2.34. The Balaban J connectivity index is 3.92. The molecule has 0 saturated carbocycles. The molecular formula is C8H18O3Si. The van der Waals surface area contributed by atoms with Gasteiger partial charge in [0.2, 0.25) is 0 Å². The molecular weight excluding hydrogens is 172 g/mol. The van der Waals surface area contributed by atoms with Crippen LogP contribution in [0.1, 0.15) is 41.5 Å². The Bertz CT molecular complexity index is 146. The first-order valence-corrected chi connectivity index (χ1v) is 5.25. The standard InChI is InChI=1S/C8H18O3Si/c1-7(2,3)10-12(9)11-8(4,5)6/h1-6H3. The number of hydrogen-bond donors (Lipinski definition) is 0. The predicted molar refractivity (Wildman–Crippen MR) is 48.1 cm³/mol. The quantitative estimate of drug-likeness (QED) is 0.625. The van der Waals surface area contributed by atoms with Gasteiger partial charge in [0, 0.05) is 0 Å². The molecule has 0 N–H and O–H groups in total. The minimum absolute atomic E-state index is 0.401. The second-order valence-electron chi connectivity index (χ2n) is 4.68. The first-order valence-electron chi connectivity index (χ1n) is 4.02. The smallest absolute Gasteiger partial charge is 0.492 e. The van der Waals surface area contributed by atoms with Gasteiger partial charge in [-0.3, -0.25) is 4.46 Å². The Morgan fingerprint density at radius 1 is 0.833 bits per heavy atom. The summed E-state index contributed by atoms with van der Waals surface area (Å²) < 4.78 is 21.5. The van der Waals surface area contributed by atoms with E-state index >= 15 is 0 Å². The molecule has 0 aromatic rings. The summed E-state index contributed by atoms with van der Waals surface area (Å²) in [4.78, 5) is 0. The van der Waals surface area contributed by atoms with Crippen molar-refractivity contribution >= 4 is 9.17 Å². The second kappa shape index (κ2) is 3.56. The van der Waals surface area contributed by atoms with Gasteiger partial charge in [-0.1, -0.05) is 0 Å². The van der Waals surface area contributed by atoms with Crippen molar-refractivity contribution in [3.05, 3.63) is 0 Å². The van der Waals surface area contributed by atoms with Gasteiger partial charge in [0.05, 0.1) is 11.2 Å². The van der Waals surface area contributed by atoms with E-state index in [1.54, 1.807) is 0 Å². The Hall–Kier alpha value is -0.383. The van der Waals surface area contributed by atoms with Crippen LogP contribution < -0.4 is 0 Å². The van der Waals surface area contributed by atoms with Crippen LogP contribution in [0.2, 0.25) is 0 Å². The first kappa shape index (κ1) is 11.6. The van der Waals surface area contributed by atoms with Crippen molar-refractivity contribution in [2.24, 2.45) is 0 Å². The van der Waals surface area contributed by atoms with E-state index in [1.165, 1.54) is 0 Å². The highest BCUT2D eigenvalue weighted by atomic mass is 28.3. The van der Waals surface area contributed by atoms with Crippen LogP contribution in [-0.4, -0.2) is 20.4 Å². The minimum Gasteiger partial charge on any atom is -0.492 e. The van der Waals surface area contributed by atoms with E-state index in [9.17, 15) is 4.46 Å². The van der Waals surface area contributed by atoms with E-state index in [-0.39, 0.29) is 0 Å². The van der Waals surface area contributed by atoms with Gasteiger partial charge in [-0.2, -0.15) is 0 Å². The Morgan fingerprint density at radius 2 is 1.08 bits per heavy atom. The summed E-state index contributed by atoms with van der Waals surface area (Å²) in [5, 5.41) is 0. The summed E-state index contributed by atoms with van der Waals surface area (Å²) in [6.45, 7) is 11.1. The molecule has 3 nitrogen and oxygen atoms in total. The zero-order chi connectivity index (χ0) is 9.99. The topological polar surface area (TPSA) is 35.5 Å². The van der Waals surface area contributed by atoms with Crippen LogP contribution in [0, 0.1) is 0 Å². The summed E-state index contributed by atoms with van der Waals surface area (Å²) in [5.41, 5.74) is -0.803. The lowest BCUT2D eigenvalue weighted by Crippen LogP contribution is -2.33. The molecule has 0 aliphatic carbocycles. The van der Waals surface area contributed by atoms with Gasteiger partial charge in [0.25, 0.3) is 0 Å². The van der Waals surface area contributed by atoms with Crippen molar-refractivity contribution in [2.45, 2.75) is 52.7 Å². The molecule has 4 heteroatoms. The maximum Gasteiger partial charge on any atom is 0.768 e. The number of rotatable bonds is 2. The van der Waals surface area contributed by atoms with Gasteiger partial charge < -0.3 is 8.85 Å². The second-order valence-corrected chi connectivity index (χ2v) is 5.59. The van der Waals surface area contributed by atoms with E-state index in [4.69, 9.17) is 8.85 Å². The predicted octanol–water partition coefficient (Wildman–Crippen LogP) is 2.03. The van der Waals surface area contributed by atoms with E-state index in [0.717, 1.165) is 0 Å². The highest BCUT2D eigenvalue weighted by Crippen LogP contribution is 2.11. The van der Waals surface area contributed by atoms with Crippen LogP contribution in [0.4, 0.5) is 0 Å². The molecule has 0 saturated heterocycles. The lowest BCUT2D eigenvalue weighted by molar-refractivity contribution is 0.0213. The van der Waals surface area contributed by atoms with Crippen LogP contribution in [0.15, 0.2) is 0 Å². The van der Waals surface area contributed by atoms with Crippen LogP contribution >= 0.6 is 0 Å². The molecule has 0 bridgehead atoms. The van der Waals surface area contributed by atoms with Gasteiger partial charge in [0.1, 0.15) is 0 Å². The largest absolute Gasteiger partial charge is 0.768 e. The molecule has 0 amide bonds. The summed E-state index contributed by atoms with van der Waals surface area (Å²) in [6.07, 6.45) is 0. The monoisotopic (exact) mass is 190 g/mol. The third kappa shape index (κ3) is 7.72. The molecule has 0 radical (unpaired) electrons. The van der Waals surface area contributed by atoms with Gasteiger partial charge in [-0.05, 0) is 41.5 Å². The molecule has 0 aliphatic heterocycles. The summed E-state index contributed by atoms with van der Waals surface area (Å²) in [6, 6.07) is 0. The molecule has 0 aromatic carbocycles. The zero-order valence-corrected chi connectivity index (χ0v) is 9.72. The van der Waals surface area contributed by atoms with E-state index in [1.807, 2.05) is 41.5 Å². The van der Waals surface area contributed by atoms with Crippen LogP contribution in [-0.2, 0) is 13.3 Å². The molecule has 72 valence electrons. The molecule has 0 heterocycles. The molecule has 12 heavy (non-hydrogen) atoms. The minimum atomic E-state index is -2.35. The molecule has 0 aliphatic rings. The van der Waals surface area contributed by atoms with Crippen molar-refractivity contribution in [1.29, 1.82) is 0 Å². The maximum atomic E-state index is 11.2. The average Bonchev–Trinajstić information content (AvgIpc) is 1.49. The fraction of sp³-hybridized carbons (Fsp3) is 1.00. The lowest BCUT2D eigenvalue weighted by atomic mass is 10.2. The average molecular weight is 190 g/mol. The lowest BCUT2D eigenvalue weighted by Gasteiger charge is -2.24. The molecule has 0 fully saturated rings. The van der Waals surface area contributed by atoms with Crippen molar-refractivity contribution in [3.63, 3.8) is 0 Å².